The van der Waals surface area contributed by atoms with Crippen LogP contribution in [0.4, 0.5) is 5.69 Å². The molecule has 15 heavy (non-hydrogen) atoms. The Morgan fingerprint density at radius 2 is 2.13 bits per heavy atom. The number of carboxylic acids is 1. The second-order valence-electron chi connectivity index (χ2n) is 3.61. The fourth-order valence-electron chi connectivity index (χ4n) is 1.95. The number of aliphatic carboxylic acids is 1. The van der Waals surface area contributed by atoms with Gasteiger partial charge in [0.15, 0.2) is 0 Å². The zero-order chi connectivity index (χ0) is 11.0. The topological polar surface area (TPSA) is 57.6 Å². The Kier molecular flexibility index (Phi) is 2.19. The van der Waals surface area contributed by atoms with Crippen molar-refractivity contribution in [3.05, 3.63) is 29.8 Å². The van der Waals surface area contributed by atoms with Crippen molar-refractivity contribution >= 4 is 17.6 Å². The minimum Gasteiger partial charge on any atom is -0.481 e. The highest BCUT2D eigenvalue weighted by Crippen LogP contribution is 2.37. The molecule has 1 aromatic rings. The molecule has 0 saturated carbocycles. The summed E-state index contributed by atoms with van der Waals surface area (Å²) in [5.74, 6) is -1.61. The summed E-state index contributed by atoms with van der Waals surface area (Å²) in [5, 5.41) is 8.73. The zero-order valence-corrected chi connectivity index (χ0v) is 8.30. The van der Waals surface area contributed by atoms with Crippen LogP contribution in [0, 0.1) is 0 Å². The maximum Gasteiger partial charge on any atom is 0.304 e. The quantitative estimate of drug-likeness (QED) is 0.789. The molecule has 0 spiro atoms. The van der Waals surface area contributed by atoms with E-state index in [1.54, 1.807) is 7.05 Å². The molecule has 2 rings (SSSR count). The lowest BCUT2D eigenvalue weighted by molar-refractivity contribution is -0.139. The molecule has 1 heterocycles. The van der Waals surface area contributed by atoms with Crippen molar-refractivity contribution in [2.75, 3.05) is 11.9 Å². The number of carboxylic acid groups (broad SMARTS) is 1. The number of anilines is 1. The minimum atomic E-state index is -0.946. The van der Waals surface area contributed by atoms with Gasteiger partial charge >= 0.3 is 5.97 Å². The normalized spacial score (nSPS) is 19.1. The lowest BCUT2D eigenvalue weighted by Crippen LogP contribution is -2.25. The molecule has 0 bridgehead atoms. The Balaban J connectivity index is 2.42. The standard InChI is InChI=1S/C11H11NO3/c1-12-9-5-3-2-4-7(9)8(11(12)15)6-10(13)14/h2-5,8H,6H2,1H3,(H,13,14)/t8-/m1/s1. The van der Waals surface area contributed by atoms with Crippen molar-refractivity contribution < 1.29 is 14.7 Å². The molecule has 1 N–H and O–H groups in total. The van der Waals surface area contributed by atoms with Gasteiger partial charge in [-0.3, -0.25) is 9.59 Å². The lowest BCUT2D eigenvalue weighted by Gasteiger charge is -2.09. The number of nitrogens with zero attached hydrogens (tertiary/aromatic N) is 1. The Labute approximate surface area is 87.1 Å². The van der Waals surface area contributed by atoms with E-state index in [2.05, 4.69) is 0 Å². The van der Waals surface area contributed by atoms with E-state index in [1.165, 1.54) is 4.90 Å². The highest BCUT2D eigenvalue weighted by Gasteiger charge is 2.35. The summed E-state index contributed by atoms with van der Waals surface area (Å²) < 4.78 is 0. The number of carbonyl (C=O) groups is 2. The van der Waals surface area contributed by atoms with Crippen molar-refractivity contribution in [1.29, 1.82) is 0 Å². The third-order valence-electron chi connectivity index (χ3n) is 2.68. The van der Waals surface area contributed by atoms with Crippen LogP contribution in [0.5, 0.6) is 0 Å². The number of para-hydroxylation sites is 1. The predicted molar refractivity (Wildman–Crippen MR) is 54.8 cm³/mol. The lowest BCUT2D eigenvalue weighted by atomic mass is 9.97. The van der Waals surface area contributed by atoms with Crippen LogP contribution in [-0.4, -0.2) is 24.0 Å². The summed E-state index contributed by atoms with van der Waals surface area (Å²) in [6.07, 6.45) is -0.139. The van der Waals surface area contributed by atoms with Crippen LogP contribution in [0.15, 0.2) is 24.3 Å². The SMILES string of the molecule is CN1C(=O)[C@H](CC(=O)O)c2ccccc21. The Morgan fingerprint density at radius 1 is 1.47 bits per heavy atom. The van der Waals surface area contributed by atoms with Crippen LogP contribution in [0.2, 0.25) is 0 Å². The molecule has 1 aliphatic rings. The molecular weight excluding hydrogens is 194 g/mol. The van der Waals surface area contributed by atoms with Crippen molar-refractivity contribution in [2.24, 2.45) is 0 Å². The molecule has 0 aromatic heterocycles. The maximum absolute atomic E-state index is 11.8. The molecule has 0 fully saturated rings. The number of rotatable bonds is 2. The van der Waals surface area contributed by atoms with Gasteiger partial charge in [0, 0.05) is 12.7 Å². The largest absolute Gasteiger partial charge is 0.481 e. The molecule has 4 heteroatoms. The zero-order valence-electron chi connectivity index (χ0n) is 8.30. The average molecular weight is 205 g/mol. The first-order valence-corrected chi connectivity index (χ1v) is 4.69. The number of amides is 1. The molecule has 0 radical (unpaired) electrons. The Bertz CT molecular complexity index is 428. The van der Waals surface area contributed by atoms with Crippen LogP contribution in [-0.2, 0) is 9.59 Å². The van der Waals surface area contributed by atoms with E-state index in [4.69, 9.17) is 5.11 Å². The number of benzene rings is 1. The second-order valence-corrected chi connectivity index (χ2v) is 3.61. The summed E-state index contributed by atoms with van der Waals surface area (Å²) in [6, 6.07) is 7.30. The van der Waals surface area contributed by atoms with E-state index < -0.39 is 11.9 Å². The van der Waals surface area contributed by atoms with Gasteiger partial charge in [0.2, 0.25) is 5.91 Å². The monoisotopic (exact) mass is 205 g/mol. The number of likely N-dealkylation sites (N-methyl/N-ethyl adjacent to an activating group) is 1. The third kappa shape index (κ3) is 1.48. The molecule has 1 aromatic carbocycles. The van der Waals surface area contributed by atoms with E-state index in [9.17, 15) is 9.59 Å². The number of hydrogen-bond donors (Lipinski definition) is 1. The van der Waals surface area contributed by atoms with Gasteiger partial charge in [-0.15, -0.1) is 0 Å². The highest BCUT2D eigenvalue weighted by atomic mass is 16.4. The summed E-state index contributed by atoms with van der Waals surface area (Å²) >= 11 is 0. The van der Waals surface area contributed by atoms with Gasteiger partial charge in [0.1, 0.15) is 0 Å². The van der Waals surface area contributed by atoms with E-state index in [0.29, 0.717) is 0 Å². The molecule has 0 unspecified atom stereocenters. The third-order valence-corrected chi connectivity index (χ3v) is 2.68. The minimum absolute atomic E-state index is 0.139. The van der Waals surface area contributed by atoms with Crippen LogP contribution >= 0.6 is 0 Å². The van der Waals surface area contributed by atoms with E-state index in [-0.39, 0.29) is 12.3 Å². The molecule has 0 aliphatic carbocycles. The summed E-state index contributed by atoms with van der Waals surface area (Å²) in [7, 11) is 1.67. The van der Waals surface area contributed by atoms with Gasteiger partial charge in [0.05, 0.1) is 12.3 Å². The number of carbonyl (C=O) groups excluding carboxylic acids is 1. The molecule has 4 nitrogen and oxygen atoms in total. The first kappa shape index (κ1) is 9.71. The predicted octanol–water partition coefficient (Wildman–Crippen LogP) is 1.22. The second kappa shape index (κ2) is 3.38. The maximum atomic E-state index is 11.8. The first-order chi connectivity index (χ1) is 7.11. The number of hydrogen-bond acceptors (Lipinski definition) is 2. The van der Waals surface area contributed by atoms with Crippen LogP contribution in [0.1, 0.15) is 17.9 Å². The fourth-order valence-corrected chi connectivity index (χ4v) is 1.95. The molecule has 1 atom stereocenters. The average Bonchev–Trinajstić information content (AvgIpc) is 2.44. The van der Waals surface area contributed by atoms with E-state index in [0.717, 1.165) is 11.3 Å². The van der Waals surface area contributed by atoms with Gasteiger partial charge in [0.25, 0.3) is 0 Å². The molecule has 78 valence electrons. The van der Waals surface area contributed by atoms with Crippen molar-refractivity contribution in [3.63, 3.8) is 0 Å². The summed E-state index contributed by atoms with van der Waals surface area (Å²) in [5.41, 5.74) is 1.63. The van der Waals surface area contributed by atoms with Crippen molar-refractivity contribution in [1.82, 2.24) is 0 Å². The van der Waals surface area contributed by atoms with Crippen LogP contribution in [0.3, 0.4) is 0 Å². The highest BCUT2D eigenvalue weighted by molar-refractivity contribution is 6.05. The van der Waals surface area contributed by atoms with Crippen LogP contribution in [0.25, 0.3) is 0 Å². The summed E-state index contributed by atoms with van der Waals surface area (Å²) in [6.45, 7) is 0. The van der Waals surface area contributed by atoms with E-state index >= 15 is 0 Å². The molecule has 1 amide bonds. The molecule has 0 saturated heterocycles. The van der Waals surface area contributed by atoms with Gasteiger partial charge < -0.3 is 10.0 Å². The van der Waals surface area contributed by atoms with Gasteiger partial charge in [-0.05, 0) is 11.6 Å². The Morgan fingerprint density at radius 3 is 2.80 bits per heavy atom. The first-order valence-electron chi connectivity index (χ1n) is 4.69. The van der Waals surface area contributed by atoms with Crippen molar-refractivity contribution in [2.45, 2.75) is 12.3 Å². The fraction of sp³-hybridized carbons (Fsp3) is 0.273. The van der Waals surface area contributed by atoms with Crippen LogP contribution < -0.4 is 4.90 Å². The van der Waals surface area contributed by atoms with E-state index in [1.807, 2.05) is 24.3 Å². The summed E-state index contributed by atoms with van der Waals surface area (Å²) in [4.78, 5) is 23.9. The Hall–Kier alpha value is -1.84. The van der Waals surface area contributed by atoms with Gasteiger partial charge in [-0.2, -0.15) is 0 Å². The number of fused-ring (bicyclic) bond motifs is 1. The van der Waals surface area contributed by atoms with Gasteiger partial charge in [-0.25, -0.2) is 0 Å². The molecular formula is C11H11NO3. The smallest absolute Gasteiger partial charge is 0.304 e. The van der Waals surface area contributed by atoms with Crippen molar-refractivity contribution in [3.8, 4) is 0 Å². The molecule has 1 aliphatic heterocycles. The van der Waals surface area contributed by atoms with Gasteiger partial charge in [-0.1, -0.05) is 18.2 Å².